The predicted molar refractivity (Wildman–Crippen MR) is 66.3 cm³/mol. The fourth-order valence-electron chi connectivity index (χ4n) is 1.66. The van der Waals surface area contributed by atoms with Crippen LogP contribution in [0.15, 0.2) is 17.3 Å². The largest absolute Gasteiger partial charge is 0.313 e. The van der Waals surface area contributed by atoms with Crippen LogP contribution in [-0.4, -0.2) is 27.6 Å². The molecule has 2 unspecified atom stereocenters. The summed E-state index contributed by atoms with van der Waals surface area (Å²) in [4.78, 5) is 1.25. The highest BCUT2D eigenvalue weighted by Gasteiger charge is 2.15. The molecular weight excluding hydrogens is 206 g/mol. The van der Waals surface area contributed by atoms with E-state index in [0.29, 0.717) is 11.3 Å². The van der Waals surface area contributed by atoms with Crippen molar-refractivity contribution in [2.45, 2.75) is 43.4 Å². The molecule has 0 saturated heterocycles. The zero-order valence-corrected chi connectivity index (χ0v) is 10.8. The highest BCUT2D eigenvalue weighted by atomic mass is 32.2. The summed E-state index contributed by atoms with van der Waals surface area (Å²) in [5.74, 6) is 0. The van der Waals surface area contributed by atoms with Crippen LogP contribution in [0.3, 0.4) is 0 Å². The summed E-state index contributed by atoms with van der Waals surface area (Å²) in [7, 11) is 1.95. The quantitative estimate of drug-likeness (QED) is 0.756. The lowest BCUT2D eigenvalue weighted by Gasteiger charge is -2.22. The molecule has 3 nitrogen and oxygen atoms in total. The maximum Gasteiger partial charge on any atom is 0.0625 e. The molecule has 0 fully saturated rings. The van der Waals surface area contributed by atoms with Crippen LogP contribution in [0.5, 0.6) is 0 Å². The Morgan fingerprint density at radius 1 is 1.53 bits per heavy atom. The van der Waals surface area contributed by atoms with Crippen molar-refractivity contribution >= 4 is 11.8 Å². The maximum absolute atomic E-state index is 4.18. The number of aromatic nitrogens is 2. The maximum atomic E-state index is 4.18. The van der Waals surface area contributed by atoms with Crippen molar-refractivity contribution in [1.29, 1.82) is 0 Å². The number of thioether (sulfide) groups is 1. The summed E-state index contributed by atoms with van der Waals surface area (Å²) in [6.07, 6.45) is 5.17. The van der Waals surface area contributed by atoms with Crippen LogP contribution >= 0.6 is 11.8 Å². The molecular formula is C11H21N3S. The van der Waals surface area contributed by atoms with Crippen LogP contribution in [0.25, 0.3) is 0 Å². The zero-order valence-electron chi connectivity index (χ0n) is 10.0. The lowest BCUT2D eigenvalue weighted by atomic mass is 10.2. The van der Waals surface area contributed by atoms with Gasteiger partial charge in [-0.05, 0) is 13.0 Å². The van der Waals surface area contributed by atoms with Crippen molar-refractivity contribution in [2.75, 3.05) is 6.54 Å². The van der Waals surface area contributed by atoms with Gasteiger partial charge in [-0.1, -0.05) is 20.8 Å². The van der Waals surface area contributed by atoms with E-state index in [9.17, 15) is 0 Å². The topological polar surface area (TPSA) is 29.9 Å². The first-order valence-electron chi connectivity index (χ1n) is 5.56. The Hall–Kier alpha value is -0.480. The molecule has 0 aliphatic rings. The van der Waals surface area contributed by atoms with Gasteiger partial charge in [0.25, 0.3) is 0 Å². The SMILES string of the molecule is CCNC(CC)C(C)Sc1cnn(C)c1. The van der Waals surface area contributed by atoms with Gasteiger partial charge < -0.3 is 5.32 Å². The first-order valence-corrected chi connectivity index (χ1v) is 6.44. The van der Waals surface area contributed by atoms with Crippen molar-refractivity contribution < 1.29 is 0 Å². The van der Waals surface area contributed by atoms with E-state index in [1.807, 2.05) is 29.7 Å². The average molecular weight is 227 g/mol. The summed E-state index contributed by atoms with van der Waals surface area (Å²) < 4.78 is 1.85. The molecule has 4 heteroatoms. The van der Waals surface area contributed by atoms with Crippen molar-refractivity contribution in [1.82, 2.24) is 15.1 Å². The molecule has 0 radical (unpaired) electrons. The Labute approximate surface area is 96.6 Å². The molecule has 0 aliphatic carbocycles. The van der Waals surface area contributed by atoms with E-state index in [2.05, 4.69) is 37.4 Å². The fourth-order valence-corrected chi connectivity index (χ4v) is 2.86. The molecule has 1 N–H and O–H groups in total. The zero-order chi connectivity index (χ0) is 11.3. The predicted octanol–water partition coefficient (Wildman–Crippen LogP) is 2.29. The Morgan fingerprint density at radius 3 is 2.73 bits per heavy atom. The van der Waals surface area contributed by atoms with E-state index in [1.54, 1.807) is 0 Å². The number of rotatable bonds is 6. The van der Waals surface area contributed by atoms with Gasteiger partial charge in [0, 0.05) is 29.4 Å². The number of hydrogen-bond acceptors (Lipinski definition) is 3. The third-order valence-corrected chi connectivity index (χ3v) is 3.66. The second-order valence-electron chi connectivity index (χ2n) is 3.75. The standard InChI is InChI=1S/C11H21N3S/c1-5-11(12-6-2)9(3)15-10-7-13-14(4)8-10/h7-9,11-12H,5-6H2,1-4H3. The van der Waals surface area contributed by atoms with Crippen LogP contribution in [0.4, 0.5) is 0 Å². The van der Waals surface area contributed by atoms with Crippen molar-refractivity contribution in [3.05, 3.63) is 12.4 Å². The lowest BCUT2D eigenvalue weighted by molar-refractivity contribution is 0.509. The Balaban J connectivity index is 2.49. The van der Waals surface area contributed by atoms with Gasteiger partial charge in [-0.2, -0.15) is 5.10 Å². The number of aryl methyl sites for hydroxylation is 1. The number of nitrogens with zero attached hydrogens (tertiary/aromatic N) is 2. The van der Waals surface area contributed by atoms with E-state index >= 15 is 0 Å². The summed E-state index contributed by atoms with van der Waals surface area (Å²) in [5, 5.41) is 8.27. The average Bonchev–Trinajstić information content (AvgIpc) is 2.60. The molecule has 15 heavy (non-hydrogen) atoms. The third kappa shape index (κ3) is 3.87. The van der Waals surface area contributed by atoms with Crippen molar-refractivity contribution in [3.63, 3.8) is 0 Å². The van der Waals surface area contributed by atoms with Crippen LogP contribution in [0.2, 0.25) is 0 Å². The summed E-state index contributed by atoms with van der Waals surface area (Å²) in [6, 6.07) is 0.584. The second-order valence-corrected chi connectivity index (χ2v) is 5.20. The second kappa shape index (κ2) is 6.18. The van der Waals surface area contributed by atoms with Gasteiger partial charge in [-0.3, -0.25) is 4.68 Å². The Bertz CT molecular complexity index is 285. The number of nitrogens with one attached hydrogen (secondary N) is 1. The number of hydrogen-bond donors (Lipinski definition) is 1. The molecule has 0 amide bonds. The summed E-state index contributed by atoms with van der Waals surface area (Å²) in [6.45, 7) is 7.70. The fraction of sp³-hybridized carbons (Fsp3) is 0.727. The Morgan fingerprint density at radius 2 is 2.27 bits per heavy atom. The van der Waals surface area contributed by atoms with Gasteiger partial charge >= 0.3 is 0 Å². The molecule has 1 rings (SSSR count). The Kier molecular flexibility index (Phi) is 5.19. The summed E-state index contributed by atoms with van der Waals surface area (Å²) in [5.41, 5.74) is 0. The molecule has 1 aromatic rings. The minimum Gasteiger partial charge on any atom is -0.313 e. The molecule has 1 heterocycles. The molecule has 0 spiro atoms. The molecule has 2 atom stereocenters. The third-order valence-electron chi connectivity index (χ3n) is 2.48. The van der Waals surface area contributed by atoms with Crippen molar-refractivity contribution in [3.8, 4) is 0 Å². The molecule has 86 valence electrons. The first kappa shape index (κ1) is 12.6. The molecule has 0 aliphatic heterocycles. The summed E-state index contributed by atoms with van der Waals surface area (Å²) >= 11 is 1.89. The van der Waals surface area contributed by atoms with Crippen molar-refractivity contribution in [2.24, 2.45) is 7.05 Å². The van der Waals surface area contributed by atoms with Gasteiger partial charge in [-0.25, -0.2) is 0 Å². The van der Waals surface area contributed by atoms with Crippen LogP contribution in [0.1, 0.15) is 27.2 Å². The van der Waals surface area contributed by atoms with Crippen LogP contribution in [0, 0.1) is 0 Å². The van der Waals surface area contributed by atoms with Gasteiger partial charge in [0.1, 0.15) is 0 Å². The van der Waals surface area contributed by atoms with E-state index in [1.165, 1.54) is 11.3 Å². The lowest BCUT2D eigenvalue weighted by Crippen LogP contribution is -2.35. The van der Waals surface area contributed by atoms with E-state index in [0.717, 1.165) is 6.54 Å². The minimum absolute atomic E-state index is 0.583. The molecule has 0 bridgehead atoms. The van der Waals surface area contributed by atoms with E-state index in [4.69, 9.17) is 0 Å². The van der Waals surface area contributed by atoms with E-state index < -0.39 is 0 Å². The van der Waals surface area contributed by atoms with Gasteiger partial charge in [0.2, 0.25) is 0 Å². The smallest absolute Gasteiger partial charge is 0.0625 e. The highest BCUT2D eigenvalue weighted by molar-refractivity contribution is 8.00. The minimum atomic E-state index is 0.583. The normalized spacial score (nSPS) is 15.2. The molecule has 1 aromatic heterocycles. The van der Waals surface area contributed by atoms with E-state index in [-0.39, 0.29) is 0 Å². The molecule has 0 aromatic carbocycles. The van der Waals surface area contributed by atoms with Gasteiger partial charge in [0.05, 0.1) is 6.20 Å². The monoisotopic (exact) mass is 227 g/mol. The molecule has 0 saturated carbocycles. The van der Waals surface area contributed by atoms with Crippen LogP contribution < -0.4 is 5.32 Å². The van der Waals surface area contributed by atoms with Crippen LogP contribution in [-0.2, 0) is 7.05 Å². The highest BCUT2D eigenvalue weighted by Crippen LogP contribution is 2.25. The first-order chi connectivity index (χ1) is 7.17. The van der Waals surface area contributed by atoms with Gasteiger partial charge in [-0.15, -0.1) is 11.8 Å². The van der Waals surface area contributed by atoms with Gasteiger partial charge in [0.15, 0.2) is 0 Å².